The Labute approximate surface area is 230 Å². The number of esters is 2. The van der Waals surface area contributed by atoms with Gasteiger partial charge in [-0.15, -0.1) is 0 Å². The zero-order valence-electron chi connectivity index (χ0n) is 23.4. The quantitative estimate of drug-likeness (QED) is 0.280. The molecule has 2 atom stereocenters. The summed E-state index contributed by atoms with van der Waals surface area (Å²) in [5.74, 6) is -1.66. The van der Waals surface area contributed by atoms with Crippen molar-refractivity contribution in [2.75, 3.05) is 0 Å². The van der Waals surface area contributed by atoms with Crippen LogP contribution in [0, 0.1) is 5.92 Å². The van der Waals surface area contributed by atoms with E-state index in [4.69, 9.17) is 14.2 Å². The fourth-order valence-corrected chi connectivity index (χ4v) is 3.58. The van der Waals surface area contributed by atoms with Gasteiger partial charge in [0.1, 0.15) is 30.9 Å². The van der Waals surface area contributed by atoms with Crippen molar-refractivity contribution in [2.45, 2.75) is 84.8 Å². The van der Waals surface area contributed by atoms with Crippen LogP contribution in [0.15, 0.2) is 60.7 Å². The van der Waals surface area contributed by atoms with Crippen molar-refractivity contribution in [3.05, 3.63) is 71.8 Å². The number of carbonyl (C=O) groups is 4. The van der Waals surface area contributed by atoms with Gasteiger partial charge < -0.3 is 24.8 Å². The van der Waals surface area contributed by atoms with E-state index in [9.17, 15) is 19.2 Å². The molecule has 39 heavy (non-hydrogen) atoms. The zero-order chi connectivity index (χ0) is 28.8. The molecule has 0 aliphatic carbocycles. The van der Waals surface area contributed by atoms with Gasteiger partial charge in [-0.25, -0.2) is 9.59 Å². The van der Waals surface area contributed by atoms with Crippen LogP contribution in [-0.2, 0) is 41.8 Å². The minimum absolute atomic E-state index is 0.0494. The molecule has 0 spiro atoms. The number of hydrogen-bond acceptors (Lipinski definition) is 7. The SMILES string of the molecule is CC(C)C[C@H](NC(=O)[C@H](CCC(=O)OCc1ccccc1)NC(=O)OC(C)(C)C)C(=O)OCc1ccccc1. The number of rotatable bonds is 13. The van der Waals surface area contributed by atoms with Gasteiger partial charge in [0.25, 0.3) is 0 Å². The molecule has 2 aromatic carbocycles. The van der Waals surface area contributed by atoms with Crippen LogP contribution < -0.4 is 10.6 Å². The molecule has 0 saturated heterocycles. The minimum atomic E-state index is -1.14. The van der Waals surface area contributed by atoms with Gasteiger partial charge in [0.15, 0.2) is 0 Å². The number of carbonyl (C=O) groups excluding carboxylic acids is 4. The van der Waals surface area contributed by atoms with E-state index in [-0.39, 0.29) is 32.0 Å². The second-order valence-corrected chi connectivity index (χ2v) is 10.7. The molecule has 2 rings (SSSR count). The first-order chi connectivity index (χ1) is 18.4. The topological polar surface area (TPSA) is 120 Å². The first-order valence-corrected chi connectivity index (χ1v) is 13.1. The van der Waals surface area contributed by atoms with Crippen LogP contribution >= 0.6 is 0 Å². The van der Waals surface area contributed by atoms with Gasteiger partial charge in [-0.05, 0) is 50.7 Å². The van der Waals surface area contributed by atoms with E-state index in [1.54, 1.807) is 20.8 Å². The normalized spacial score (nSPS) is 12.7. The second-order valence-electron chi connectivity index (χ2n) is 10.7. The summed E-state index contributed by atoms with van der Waals surface area (Å²) in [6.07, 6.45) is -0.662. The molecule has 0 unspecified atom stereocenters. The zero-order valence-corrected chi connectivity index (χ0v) is 23.4. The van der Waals surface area contributed by atoms with Gasteiger partial charge in [0.05, 0.1) is 0 Å². The van der Waals surface area contributed by atoms with E-state index in [1.165, 1.54) is 0 Å². The Hall–Kier alpha value is -3.88. The number of ether oxygens (including phenoxy) is 3. The Morgan fingerprint density at radius 1 is 0.769 bits per heavy atom. The van der Waals surface area contributed by atoms with Crippen molar-refractivity contribution in [3.63, 3.8) is 0 Å². The molecule has 0 aliphatic heterocycles. The Morgan fingerprint density at radius 2 is 1.31 bits per heavy atom. The Bertz CT molecular complexity index is 1070. The molecule has 0 fully saturated rings. The van der Waals surface area contributed by atoms with Crippen LogP contribution in [0.5, 0.6) is 0 Å². The maximum Gasteiger partial charge on any atom is 0.408 e. The summed E-state index contributed by atoms with van der Waals surface area (Å²) in [5, 5.41) is 5.22. The third kappa shape index (κ3) is 13.0. The monoisotopic (exact) mass is 540 g/mol. The predicted molar refractivity (Wildman–Crippen MR) is 146 cm³/mol. The van der Waals surface area contributed by atoms with E-state index in [0.29, 0.717) is 6.42 Å². The third-order valence-electron chi connectivity index (χ3n) is 5.42. The first kappa shape index (κ1) is 31.3. The van der Waals surface area contributed by atoms with Gasteiger partial charge >= 0.3 is 18.0 Å². The van der Waals surface area contributed by atoms with Gasteiger partial charge in [-0.1, -0.05) is 74.5 Å². The number of hydrogen-bond donors (Lipinski definition) is 2. The molecule has 2 N–H and O–H groups in total. The van der Waals surface area contributed by atoms with Crippen LogP contribution in [0.2, 0.25) is 0 Å². The molecule has 0 heterocycles. The number of amides is 2. The molecular weight excluding hydrogens is 500 g/mol. The average Bonchev–Trinajstić information content (AvgIpc) is 2.87. The fraction of sp³-hybridized carbons (Fsp3) is 0.467. The highest BCUT2D eigenvalue weighted by Gasteiger charge is 2.30. The summed E-state index contributed by atoms with van der Waals surface area (Å²) in [7, 11) is 0. The largest absolute Gasteiger partial charge is 0.461 e. The summed E-state index contributed by atoms with van der Waals surface area (Å²) >= 11 is 0. The van der Waals surface area contributed by atoms with Crippen molar-refractivity contribution in [2.24, 2.45) is 5.92 Å². The van der Waals surface area contributed by atoms with Gasteiger partial charge in [0, 0.05) is 6.42 Å². The highest BCUT2D eigenvalue weighted by atomic mass is 16.6. The lowest BCUT2D eigenvalue weighted by Gasteiger charge is -2.25. The number of benzene rings is 2. The van der Waals surface area contributed by atoms with Crippen molar-refractivity contribution in [1.82, 2.24) is 10.6 Å². The van der Waals surface area contributed by atoms with E-state index < -0.39 is 41.6 Å². The molecule has 2 amide bonds. The van der Waals surface area contributed by atoms with Crippen LogP contribution in [0.3, 0.4) is 0 Å². The highest BCUT2D eigenvalue weighted by Crippen LogP contribution is 2.12. The van der Waals surface area contributed by atoms with Crippen LogP contribution in [0.25, 0.3) is 0 Å². The maximum atomic E-state index is 13.3. The molecular formula is C30H40N2O7. The smallest absolute Gasteiger partial charge is 0.408 e. The molecule has 0 radical (unpaired) electrons. The molecule has 9 heteroatoms. The Morgan fingerprint density at radius 3 is 1.82 bits per heavy atom. The van der Waals surface area contributed by atoms with Crippen molar-refractivity contribution in [1.29, 1.82) is 0 Å². The van der Waals surface area contributed by atoms with E-state index in [1.807, 2.05) is 74.5 Å². The third-order valence-corrected chi connectivity index (χ3v) is 5.42. The Balaban J connectivity index is 2.05. The summed E-state index contributed by atoms with van der Waals surface area (Å²) in [4.78, 5) is 51.0. The summed E-state index contributed by atoms with van der Waals surface area (Å²) < 4.78 is 16.0. The lowest BCUT2D eigenvalue weighted by molar-refractivity contribution is -0.150. The van der Waals surface area contributed by atoms with Crippen LogP contribution in [-0.4, -0.2) is 41.6 Å². The van der Waals surface area contributed by atoms with Crippen LogP contribution in [0.4, 0.5) is 4.79 Å². The summed E-state index contributed by atoms with van der Waals surface area (Å²) in [5.41, 5.74) is 0.859. The van der Waals surface area contributed by atoms with E-state index >= 15 is 0 Å². The van der Waals surface area contributed by atoms with Crippen LogP contribution in [0.1, 0.15) is 65.0 Å². The Kier molecular flexibility index (Phi) is 12.5. The van der Waals surface area contributed by atoms with E-state index in [0.717, 1.165) is 11.1 Å². The molecule has 212 valence electrons. The maximum absolute atomic E-state index is 13.3. The standard InChI is InChI=1S/C30H40N2O7/c1-21(2)18-25(28(35)38-20-23-14-10-7-11-15-23)31-27(34)24(32-29(36)39-30(3,4)5)16-17-26(33)37-19-22-12-8-6-9-13-22/h6-15,21,24-25H,16-20H2,1-5H3,(H,31,34)(H,32,36)/t24-,25-/m0/s1. The lowest BCUT2D eigenvalue weighted by Crippen LogP contribution is -2.53. The molecule has 0 aromatic heterocycles. The molecule has 0 bridgehead atoms. The number of nitrogens with one attached hydrogen (secondary N) is 2. The predicted octanol–water partition coefficient (Wildman–Crippen LogP) is 4.68. The molecule has 2 aromatic rings. The van der Waals surface area contributed by atoms with Gasteiger partial charge in [-0.2, -0.15) is 0 Å². The first-order valence-electron chi connectivity index (χ1n) is 13.1. The fourth-order valence-electron chi connectivity index (χ4n) is 3.58. The number of alkyl carbamates (subject to hydrolysis) is 1. The van der Waals surface area contributed by atoms with Gasteiger partial charge in [0.2, 0.25) is 5.91 Å². The van der Waals surface area contributed by atoms with Crippen molar-refractivity contribution >= 4 is 23.9 Å². The van der Waals surface area contributed by atoms with Gasteiger partial charge in [-0.3, -0.25) is 9.59 Å². The molecule has 0 aliphatic rings. The van der Waals surface area contributed by atoms with Crippen molar-refractivity contribution < 1.29 is 33.4 Å². The summed E-state index contributed by atoms with van der Waals surface area (Å²) in [6.45, 7) is 9.10. The van der Waals surface area contributed by atoms with Crippen molar-refractivity contribution in [3.8, 4) is 0 Å². The average molecular weight is 541 g/mol. The highest BCUT2D eigenvalue weighted by molar-refractivity contribution is 5.90. The summed E-state index contributed by atoms with van der Waals surface area (Å²) in [6, 6.07) is 16.3. The second kappa shape index (κ2) is 15.5. The lowest BCUT2D eigenvalue weighted by atomic mass is 10.0. The molecule has 0 saturated carbocycles. The van der Waals surface area contributed by atoms with E-state index in [2.05, 4.69) is 10.6 Å². The minimum Gasteiger partial charge on any atom is -0.461 e. The molecule has 9 nitrogen and oxygen atoms in total.